The highest BCUT2D eigenvalue weighted by atomic mass is 16.7. The van der Waals surface area contributed by atoms with Gasteiger partial charge in [0.2, 0.25) is 0 Å². The van der Waals surface area contributed by atoms with Gasteiger partial charge in [0.05, 0.1) is 6.54 Å². The Labute approximate surface area is 78.4 Å². The Hall–Kier alpha value is -1.28. The van der Waals surface area contributed by atoms with E-state index in [0.29, 0.717) is 0 Å². The fourth-order valence-electron chi connectivity index (χ4n) is 1.50. The molecule has 2 nitrogen and oxygen atoms in total. The number of hydrogen-bond acceptors (Lipinski definition) is 2. The largest absolute Gasteiger partial charge is 0.405 e. The van der Waals surface area contributed by atoms with Crippen molar-refractivity contribution in [1.82, 2.24) is 5.06 Å². The van der Waals surface area contributed by atoms with Crippen LogP contribution in [0.1, 0.15) is 5.56 Å². The summed E-state index contributed by atoms with van der Waals surface area (Å²) in [6, 6.07) is 8.16. The second-order valence-corrected chi connectivity index (χ2v) is 3.13. The van der Waals surface area contributed by atoms with Gasteiger partial charge in [-0.05, 0) is 18.1 Å². The van der Waals surface area contributed by atoms with E-state index in [-0.39, 0.29) is 0 Å². The van der Waals surface area contributed by atoms with Crippen molar-refractivity contribution < 1.29 is 4.84 Å². The minimum Gasteiger partial charge on any atom is -0.405 e. The van der Waals surface area contributed by atoms with Crippen molar-refractivity contribution in [2.75, 3.05) is 13.1 Å². The lowest BCUT2D eigenvalue weighted by atomic mass is 10.1. The minimum atomic E-state index is 0.786. The number of hydroxylamine groups is 2. The van der Waals surface area contributed by atoms with Crippen molar-refractivity contribution >= 4 is 0 Å². The molecule has 2 rings (SSSR count). The number of nitrogens with zero attached hydrogens (tertiary/aromatic N) is 1. The second-order valence-electron chi connectivity index (χ2n) is 3.13. The van der Waals surface area contributed by atoms with Crippen LogP contribution in [-0.2, 0) is 6.42 Å². The van der Waals surface area contributed by atoms with E-state index in [1.807, 2.05) is 29.3 Å². The first-order valence-electron chi connectivity index (χ1n) is 4.52. The molecule has 2 heteroatoms. The van der Waals surface area contributed by atoms with Crippen molar-refractivity contribution in [3.63, 3.8) is 0 Å². The van der Waals surface area contributed by atoms with Crippen LogP contribution in [0.25, 0.3) is 0 Å². The smallest absolute Gasteiger partial charge is 0.150 e. The highest BCUT2D eigenvalue weighted by Crippen LogP contribution is 2.23. The van der Waals surface area contributed by atoms with Crippen LogP contribution < -0.4 is 4.84 Å². The number of para-hydroxylation sites is 1. The van der Waals surface area contributed by atoms with Crippen LogP contribution in [0.4, 0.5) is 0 Å². The second kappa shape index (κ2) is 3.62. The average Bonchev–Trinajstić information content (AvgIpc) is 2.18. The molecule has 0 aliphatic carbocycles. The molecule has 1 heterocycles. The van der Waals surface area contributed by atoms with Crippen LogP contribution in [0, 0.1) is 0 Å². The Morgan fingerprint density at radius 1 is 1.46 bits per heavy atom. The summed E-state index contributed by atoms with van der Waals surface area (Å²) < 4.78 is 0. The molecule has 0 N–H and O–H groups in total. The third-order valence-corrected chi connectivity index (χ3v) is 2.16. The van der Waals surface area contributed by atoms with Crippen LogP contribution in [0.5, 0.6) is 5.75 Å². The highest BCUT2D eigenvalue weighted by Gasteiger charge is 2.15. The third-order valence-electron chi connectivity index (χ3n) is 2.16. The highest BCUT2D eigenvalue weighted by molar-refractivity contribution is 5.34. The number of fused-ring (bicyclic) bond motifs is 1. The molecule has 0 amide bonds. The molecule has 0 unspecified atom stereocenters. The van der Waals surface area contributed by atoms with Crippen LogP contribution in [0.3, 0.4) is 0 Å². The standard InChI is InChI=1S/C11H13NO/c1-2-8-12-9-7-10-5-3-4-6-11(10)13-12/h2-6H,1,7-9H2. The van der Waals surface area contributed by atoms with Crippen molar-refractivity contribution in [2.24, 2.45) is 0 Å². The van der Waals surface area contributed by atoms with Crippen molar-refractivity contribution in [3.8, 4) is 5.75 Å². The SMILES string of the molecule is C=CCN1CCc2ccccc2O1. The van der Waals surface area contributed by atoms with Gasteiger partial charge in [-0.3, -0.25) is 0 Å². The predicted octanol–water partition coefficient (Wildman–Crippen LogP) is 2.02. The Morgan fingerprint density at radius 2 is 2.31 bits per heavy atom. The molecule has 1 aromatic rings. The maximum Gasteiger partial charge on any atom is 0.150 e. The Bertz CT molecular complexity index is 309. The molecule has 1 aromatic carbocycles. The van der Waals surface area contributed by atoms with Gasteiger partial charge in [0.25, 0.3) is 0 Å². The monoisotopic (exact) mass is 175 g/mol. The van der Waals surface area contributed by atoms with Gasteiger partial charge in [0, 0.05) is 6.54 Å². The maximum atomic E-state index is 5.63. The molecule has 0 fully saturated rings. The van der Waals surface area contributed by atoms with E-state index in [0.717, 1.165) is 25.3 Å². The minimum absolute atomic E-state index is 0.786. The van der Waals surface area contributed by atoms with E-state index in [4.69, 9.17) is 4.84 Å². The zero-order valence-electron chi connectivity index (χ0n) is 7.57. The number of hydrogen-bond donors (Lipinski definition) is 0. The summed E-state index contributed by atoms with van der Waals surface area (Å²) in [4.78, 5) is 5.63. The van der Waals surface area contributed by atoms with E-state index in [1.54, 1.807) is 0 Å². The average molecular weight is 175 g/mol. The van der Waals surface area contributed by atoms with Gasteiger partial charge in [-0.15, -0.1) is 11.6 Å². The molecule has 0 aromatic heterocycles. The molecule has 1 aliphatic heterocycles. The zero-order chi connectivity index (χ0) is 9.10. The van der Waals surface area contributed by atoms with Crippen LogP contribution >= 0.6 is 0 Å². The molecule has 0 spiro atoms. The molecule has 13 heavy (non-hydrogen) atoms. The van der Waals surface area contributed by atoms with Crippen LogP contribution in [0.15, 0.2) is 36.9 Å². The van der Waals surface area contributed by atoms with E-state index < -0.39 is 0 Å². The van der Waals surface area contributed by atoms with Gasteiger partial charge in [-0.2, -0.15) is 0 Å². The van der Waals surface area contributed by atoms with Crippen molar-refractivity contribution in [1.29, 1.82) is 0 Å². The maximum absolute atomic E-state index is 5.63. The predicted molar refractivity (Wildman–Crippen MR) is 52.5 cm³/mol. The lowest BCUT2D eigenvalue weighted by molar-refractivity contribution is -0.0577. The van der Waals surface area contributed by atoms with Gasteiger partial charge in [0.15, 0.2) is 5.75 Å². The quantitative estimate of drug-likeness (QED) is 0.638. The lowest BCUT2D eigenvalue weighted by Gasteiger charge is -2.27. The van der Waals surface area contributed by atoms with Crippen molar-refractivity contribution in [3.05, 3.63) is 42.5 Å². The topological polar surface area (TPSA) is 12.5 Å². The molecular weight excluding hydrogens is 162 g/mol. The van der Waals surface area contributed by atoms with E-state index in [2.05, 4.69) is 12.6 Å². The number of benzene rings is 1. The fraction of sp³-hybridized carbons (Fsp3) is 0.273. The van der Waals surface area contributed by atoms with Crippen LogP contribution in [-0.4, -0.2) is 18.2 Å². The zero-order valence-corrected chi connectivity index (χ0v) is 7.57. The van der Waals surface area contributed by atoms with Gasteiger partial charge < -0.3 is 4.84 Å². The van der Waals surface area contributed by atoms with Crippen molar-refractivity contribution in [2.45, 2.75) is 6.42 Å². The molecular formula is C11H13NO. The van der Waals surface area contributed by atoms with E-state index in [9.17, 15) is 0 Å². The Balaban J connectivity index is 2.15. The molecule has 0 saturated heterocycles. The van der Waals surface area contributed by atoms with Gasteiger partial charge >= 0.3 is 0 Å². The summed E-state index contributed by atoms with van der Waals surface area (Å²) in [7, 11) is 0. The Kier molecular flexibility index (Phi) is 2.32. The first-order valence-corrected chi connectivity index (χ1v) is 4.52. The van der Waals surface area contributed by atoms with Gasteiger partial charge in [0.1, 0.15) is 0 Å². The molecule has 0 bridgehead atoms. The van der Waals surface area contributed by atoms with E-state index >= 15 is 0 Å². The summed E-state index contributed by atoms with van der Waals surface area (Å²) in [6.07, 6.45) is 2.91. The summed E-state index contributed by atoms with van der Waals surface area (Å²) in [5.74, 6) is 0.982. The number of rotatable bonds is 2. The van der Waals surface area contributed by atoms with Crippen LogP contribution in [0.2, 0.25) is 0 Å². The first kappa shape index (κ1) is 8.32. The van der Waals surface area contributed by atoms with Gasteiger partial charge in [-0.1, -0.05) is 24.3 Å². The summed E-state index contributed by atoms with van der Waals surface area (Å²) in [6.45, 7) is 5.42. The van der Waals surface area contributed by atoms with Gasteiger partial charge in [-0.25, -0.2) is 0 Å². The van der Waals surface area contributed by atoms with E-state index in [1.165, 1.54) is 5.56 Å². The molecule has 0 radical (unpaired) electrons. The molecule has 1 aliphatic rings. The molecule has 0 saturated carbocycles. The summed E-state index contributed by atoms with van der Waals surface area (Å²) >= 11 is 0. The lowest BCUT2D eigenvalue weighted by Crippen LogP contribution is -2.33. The fourth-order valence-corrected chi connectivity index (χ4v) is 1.50. The third kappa shape index (κ3) is 1.73. The summed E-state index contributed by atoms with van der Waals surface area (Å²) in [5, 5.41) is 1.93. The summed E-state index contributed by atoms with van der Waals surface area (Å²) in [5.41, 5.74) is 1.29. The molecule has 0 atom stereocenters. The normalized spacial score (nSPS) is 16.0. The first-order chi connectivity index (χ1) is 6.40. The Morgan fingerprint density at radius 3 is 3.15 bits per heavy atom. The molecule has 68 valence electrons.